The van der Waals surface area contributed by atoms with Crippen LogP contribution in [0.15, 0.2) is 17.5 Å². The zero-order valence-electron chi connectivity index (χ0n) is 11.5. The predicted molar refractivity (Wildman–Crippen MR) is 78.4 cm³/mol. The third-order valence-electron chi connectivity index (χ3n) is 4.22. The maximum absolute atomic E-state index is 12.6. The summed E-state index contributed by atoms with van der Waals surface area (Å²) in [6.07, 6.45) is 5.30. The van der Waals surface area contributed by atoms with Crippen molar-refractivity contribution >= 4 is 17.2 Å². The third-order valence-corrected chi connectivity index (χ3v) is 5.09. The molecule has 3 nitrogen and oxygen atoms in total. The molecular weight excluding hydrogens is 256 g/mol. The Balaban J connectivity index is 1.65. The van der Waals surface area contributed by atoms with Crippen molar-refractivity contribution in [2.45, 2.75) is 44.2 Å². The summed E-state index contributed by atoms with van der Waals surface area (Å²) in [5, 5.41) is 2.06. The fourth-order valence-electron chi connectivity index (χ4n) is 2.98. The Bertz CT molecular complexity index is 419. The molecule has 0 radical (unpaired) electrons. The summed E-state index contributed by atoms with van der Waals surface area (Å²) in [6, 6.07) is 5.13. The van der Waals surface area contributed by atoms with Crippen molar-refractivity contribution in [2.75, 3.05) is 20.1 Å². The van der Waals surface area contributed by atoms with Crippen LogP contribution < -0.4 is 0 Å². The number of thiophene rings is 1. The largest absolute Gasteiger partial charge is 0.336 e. The Labute approximate surface area is 119 Å². The smallest absolute Gasteiger partial charge is 0.228 e. The number of piperidine rings is 1. The van der Waals surface area contributed by atoms with Crippen molar-refractivity contribution < 1.29 is 4.79 Å². The van der Waals surface area contributed by atoms with Gasteiger partial charge in [-0.05, 0) is 57.3 Å². The molecule has 1 aromatic rings. The highest BCUT2D eigenvalue weighted by atomic mass is 32.1. The van der Waals surface area contributed by atoms with Gasteiger partial charge in [0.15, 0.2) is 0 Å². The van der Waals surface area contributed by atoms with Crippen molar-refractivity contribution in [3.8, 4) is 0 Å². The van der Waals surface area contributed by atoms with Gasteiger partial charge in [-0.15, -0.1) is 11.3 Å². The number of nitrogens with zero attached hydrogens (tertiary/aromatic N) is 2. The standard InChI is InChI=1S/C15H22N2OS/c1-16-8-6-13(7-9-16)17(12-4-5-12)15(18)11-14-3-2-10-19-14/h2-3,10,12-13H,4-9,11H2,1H3. The number of hydrogen-bond donors (Lipinski definition) is 0. The van der Waals surface area contributed by atoms with Crippen molar-refractivity contribution in [3.63, 3.8) is 0 Å². The predicted octanol–water partition coefficient (Wildman–Crippen LogP) is 2.38. The van der Waals surface area contributed by atoms with Gasteiger partial charge in [0.2, 0.25) is 5.91 Å². The van der Waals surface area contributed by atoms with E-state index in [0.717, 1.165) is 25.9 Å². The number of likely N-dealkylation sites (tertiary alicyclic amines) is 1. The molecule has 2 heterocycles. The molecule has 1 aromatic heterocycles. The van der Waals surface area contributed by atoms with Gasteiger partial charge in [-0.25, -0.2) is 0 Å². The van der Waals surface area contributed by atoms with Gasteiger partial charge in [0, 0.05) is 17.0 Å². The highest BCUT2D eigenvalue weighted by Gasteiger charge is 2.38. The topological polar surface area (TPSA) is 23.6 Å². The lowest BCUT2D eigenvalue weighted by molar-refractivity contribution is -0.134. The number of carbonyl (C=O) groups is 1. The van der Waals surface area contributed by atoms with E-state index in [1.807, 2.05) is 6.07 Å². The number of carbonyl (C=O) groups excluding carboxylic acids is 1. The fraction of sp³-hybridized carbons (Fsp3) is 0.667. The van der Waals surface area contributed by atoms with E-state index in [4.69, 9.17) is 0 Å². The van der Waals surface area contributed by atoms with Crippen LogP contribution in [0.3, 0.4) is 0 Å². The molecule has 1 saturated carbocycles. The normalized spacial score (nSPS) is 21.5. The highest BCUT2D eigenvalue weighted by molar-refractivity contribution is 7.10. The SMILES string of the molecule is CN1CCC(N(C(=O)Cc2cccs2)C2CC2)CC1. The van der Waals surface area contributed by atoms with E-state index in [9.17, 15) is 4.79 Å². The number of amides is 1. The summed E-state index contributed by atoms with van der Waals surface area (Å²) in [6.45, 7) is 2.25. The van der Waals surface area contributed by atoms with E-state index in [1.54, 1.807) is 11.3 Å². The van der Waals surface area contributed by atoms with E-state index in [2.05, 4.69) is 28.3 Å². The minimum atomic E-state index is 0.347. The molecule has 104 valence electrons. The molecule has 0 unspecified atom stereocenters. The average Bonchev–Trinajstić information content (AvgIpc) is 3.09. The van der Waals surface area contributed by atoms with Gasteiger partial charge in [0.05, 0.1) is 6.42 Å². The molecule has 1 saturated heterocycles. The van der Waals surface area contributed by atoms with Gasteiger partial charge in [-0.1, -0.05) is 6.07 Å². The molecule has 0 atom stereocenters. The van der Waals surface area contributed by atoms with Crippen molar-refractivity contribution in [3.05, 3.63) is 22.4 Å². The molecule has 3 rings (SSSR count). The Hall–Kier alpha value is -0.870. The van der Waals surface area contributed by atoms with Crippen molar-refractivity contribution in [1.29, 1.82) is 0 Å². The minimum absolute atomic E-state index is 0.347. The monoisotopic (exact) mass is 278 g/mol. The van der Waals surface area contributed by atoms with Gasteiger partial charge in [-0.2, -0.15) is 0 Å². The maximum atomic E-state index is 12.6. The molecule has 2 aliphatic rings. The van der Waals surface area contributed by atoms with Crippen LogP contribution in [0.4, 0.5) is 0 Å². The van der Waals surface area contributed by atoms with Crippen LogP contribution in [-0.4, -0.2) is 47.9 Å². The highest BCUT2D eigenvalue weighted by Crippen LogP contribution is 2.32. The molecule has 1 aliphatic heterocycles. The van der Waals surface area contributed by atoms with Crippen molar-refractivity contribution in [1.82, 2.24) is 9.80 Å². The van der Waals surface area contributed by atoms with Gasteiger partial charge < -0.3 is 9.80 Å². The van der Waals surface area contributed by atoms with Gasteiger partial charge >= 0.3 is 0 Å². The zero-order valence-corrected chi connectivity index (χ0v) is 12.4. The first-order valence-electron chi connectivity index (χ1n) is 7.26. The zero-order chi connectivity index (χ0) is 13.2. The van der Waals surface area contributed by atoms with Gasteiger partial charge in [0.1, 0.15) is 0 Å². The lowest BCUT2D eigenvalue weighted by atomic mass is 10.0. The van der Waals surface area contributed by atoms with E-state index >= 15 is 0 Å². The molecule has 0 bridgehead atoms. The first-order valence-corrected chi connectivity index (χ1v) is 8.14. The molecule has 0 spiro atoms. The average molecular weight is 278 g/mol. The second-order valence-electron chi connectivity index (χ2n) is 5.82. The van der Waals surface area contributed by atoms with E-state index in [1.165, 1.54) is 17.7 Å². The van der Waals surface area contributed by atoms with Crippen LogP contribution in [0.1, 0.15) is 30.6 Å². The Morgan fingerprint density at radius 3 is 2.58 bits per heavy atom. The summed E-state index contributed by atoms with van der Waals surface area (Å²) < 4.78 is 0. The molecule has 1 aliphatic carbocycles. The van der Waals surface area contributed by atoms with E-state index in [-0.39, 0.29) is 0 Å². The molecule has 19 heavy (non-hydrogen) atoms. The summed E-state index contributed by atoms with van der Waals surface area (Å²) in [5.74, 6) is 0.347. The minimum Gasteiger partial charge on any atom is -0.336 e. The molecule has 0 aromatic carbocycles. The van der Waals surface area contributed by atoms with Crippen molar-refractivity contribution in [2.24, 2.45) is 0 Å². The summed E-state index contributed by atoms with van der Waals surface area (Å²) >= 11 is 1.69. The van der Waals surface area contributed by atoms with Crippen LogP contribution >= 0.6 is 11.3 Å². The Morgan fingerprint density at radius 1 is 1.32 bits per heavy atom. The number of rotatable bonds is 4. The second-order valence-corrected chi connectivity index (χ2v) is 6.86. The maximum Gasteiger partial charge on any atom is 0.228 e. The molecule has 4 heteroatoms. The van der Waals surface area contributed by atoms with Crippen LogP contribution in [0.5, 0.6) is 0 Å². The summed E-state index contributed by atoms with van der Waals surface area (Å²) in [4.78, 5) is 18.4. The Kier molecular flexibility index (Phi) is 3.89. The van der Waals surface area contributed by atoms with E-state index < -0.39 is 0 Å². The van der Waals surface area contributed by atoms with Crippen LogP contribution in [0.25, 0.3) is 0 Å². The van der Waals surface area contributed by atoms with Crippen LogP contribution in [0, 0.1) is 0 Å². The third kappa shape index (κ3) is 3.18. The molecule has 0 N–H and O–H groups in total. The second kappa shape index (κ2) is 5.63. The summed E-state index contributed by atoms with van der Waals surface area (Å²) in [7, 11) is 2.17. The first kappa shape index (κ1) is 13.1. The Morgan fingerprint density at radius 2 is 2.00 bits per heavy atom. The lowest BCUT2D eigenvalue weighted by Gasteiger charge is -2.37. The van der Waals surface area contributed by atoms with E-state index in [0.29, 0.717) is 24.4 Å². The quantitative estimate of drug-likeness (QED) is 0.844. The molecular formula is C15H22N2OS. The van der Waals surface area contributed by atoms with Gasteiger partial charge in [-0.3, -0.25) is 4.79 Å². The first-order chi connectivity index (χ1) is 9.24. The van der Waals surface area contributed by atoms with Crippen LogP contribution in [-0.2, 0) is 11.2 Å². The fourth-order valence-corrected chi connectivity index (χ4v) is 3.68. The molecule has 2 fully saturated rings. The van der Waals surface area contributed by atoms with Crippen LogP contribution in [0.2, 0.25) is 0 Å². The molecule has 1 amide bonds. The number of hydrogen-bond acceptors (Lipinski definition) is 3. The summed E-state index contributed by atoms with van der Waals surface area (Å²) in [5.41, 5.74) is 0. The lowest BCUT2D eigenvalue weighted by Crippen LogP contribution is -2.48. The van der Waals surface area contributed by atoms with Gasteiger partial charge in [0.25, 0.3) is 0 Å².